The molecule has 2 fully saturated rings. The van der Waals surface area contributed by atoms with Crippen molar-refractivity contribution in [1.82, 2.24) is 19.7 Å². The number of fused-ring (bicyclic) bond motifs is 1. The Morgan fingerprint density at radius 2 is 1.55 bits per heavy atom. The highest BCUT2D eigenvalue weighted by molar-refractivity contribution is 6.02. The smallest absolute Gasteiger partial charge is 0.336 e. The van der Waals surface area contributed by atoms with Gasteiger partial charge in [-0.05, 0) is 75.2 Å². The Hall–Kier alpha value is -5.71. The van der Waals surface area contributed by atoms with Gasteiger partial charge in [0.15, 0.2) is 5.57 Å². The molecule has 0 bridgehead atoms. The first kappa shape index (κ1) is 35.1. The molecule has 2 saturated heterocycles. The number of likely N-dealkylation sites (tertiary alicyclic amines) is 1. The van der Waals surface area contributed by atoms with E-state index in [0.29, 0.717) is 54.3 Å². The van der Waals surface area contributed by atoms with Gasteiger partial charge in [-0.3, -0.25) is 14.7 Å². The Morgan fingerprint density at radius 1 is 0.824 bits per heavy atom. The number of hydrogen-bond acceptors (Lipinski definition) is 8. The molecule has 0 atom stereocenters. The number of hydrogen-bond donors (Lipinski definition) is 1. The summed E-state index contributed by atoms with van der Waals surface area (Å²) in [5, 5.41) is 30.4. The van der Waals surface area contributed by atoms with Crippen LogP contribution in [0.15, 0.2) is 84.2 Å². The van der Waals surface area contributed by atoms with Gasteiger partial charge in [-0.2, -0.15) is 10.5 Å². The summed E-state index contributed by atoms with van der Waals surface area (Å²) in [6.07, 6.45) is 3.72. The minimum atomic E-state index is -1.05. The highest BCUT2D eigenvalue weighted by Gasteiger charge is 2.30. The first-order valence-corrected chi connectivity index (χ1v) is 17.6. The summed E-state index contributed by atoms with van der Waals surface area (Å²) in [4.78, 5) is 39.5. The summed E-state index contributed by atoms with van der Waals surface area (Å²) in [5.41, 5.74) is 6.38. The van der Waals surface area contributed by atoms with Crippen molar-refractivity contribution in [1.29, 1.82) is 10.5 Å². The monoisotopic (exact) mass is 681 g/mol. The number of nitriles is 2. The second-order valence-corrected chi connectivity index (χ2v) is 13.5. The Balaban J connectivity index is 1.28. The minimum Gasteiger partial charge on any atom is -0.478 e. The van der Waals surface area contributed by atoms with Crippen molar-refractivity contribution in [3.8, 4) is 12.1 Å². The number of para-hydroxylation sites is 1. The number of nitrogens with zero attached hydrogens (tertiary/aromatic N) is 7. The summed E-state index contributed by atoms with van der Waals surface area (Å²) in [6.45, 7) is 9.11. The first-order valence-electron chi connectivity index (χ1n) is 17.6. The quantitative estimate of drug-likeness (QED) is 0.176. The summed E-state index contributed by atoms with van der Waals surface area (Å²) >= 11 is 0. The number of carbonyl (C=O) groups is 2. The standard InChI is InChI=1S/C41H43N7O3/c1-29-19-30(2)21-32(20-29)27-47-18-17-46(40(47)33(24-42)25-43)16-13-39(49)48(35-10-8-9-31(22-35)26-45-14-6-3-7-15-45)28-34-23-37(41(50)51)36-11-4-5-12-38(36)44-34/h4-5,8-12,19-23H,3,6-7,13-18,26-28H2,1-2H3,(H,50,51). The minimum absolute atomic E-state index is 0.0214. The molecule has 0 radical (unpaired) electrons. The van der Waals surface area contributed by atoms with Crippen LogP contribution in [-0.4, -0.2) is 69.4 Å². The van der Waals surface area contributed by atoms with E-state index < -0.39 is 5.97 Å². The molecule has 2 aliphatic rings. The third-order valence-electron chi connectivity index (χ3n) is 9.63. The lowest BCUT2D eigenvalue weighted by Gasteiger charge is -2.28. The SMILES string of the molecule is Cc1cc(C)cc(CN2CCN(CCC(=O)N(Cc3cc(C(=O)O)c4ccccc4n3)c3cccc(CN4CCCCC4)c3)C2=C(C#N)C#N)c1. The number of carboxylic acid groups (broad SMARTS) is 1. The molecule has 1 aromatic heterocycles. The Morgan fingerprint density at radius 3 is 2.27 bits per heavy atom. The maximum Gasteiger partial charge on any atom is 0.336 e. The average molecular weight is 682 g/mol. The molecule has 4 aromatic rings. The number of pyridine rings is 1. The van der Waals surface area contributed by atoms with Crippen LogP contribution in [0.2, 0.25) is 0 Å². The van der Waals surface area contributed by atoms with Gasteiger partial charge in [0.2, 0.25) is 5.91 Å². The van der Waals surface area contributed by atoms with Crippen molar-refractivity contribution < 1.29 is 14.7 Å². The number of aryl methyl sites for hydroxylation is 2. The largest absolute Gasteiger partial charge is 0.478 e. The van der Waals surface area contributed by atoms with Crippen molar-refractivity contribution >= 4 is 28.5 Å². The zero-order valence-corrected chi connectivity index (χ0v) is 29.3. The lowest BCUT2D eigenvalue weighted by molar-refractivity contribution is -0.119. The highest BCUT2D eigenvalue weighted by Crippen LogP contribution is 2.28. The van der Waals surface area contributed by atoms with Gasteiger partial charge in [0.1, 0.15) is 18.0 Å². The van der Waals surface area contributed by atoms with Crippen molar-refractivity contribution in [2.45, 2.75) is 59.2 Å². The van der Waals surface area contributed by atoms with E-state index in [2.05, 4.69) is 60.1 Å². The predicted octanol–water partition coefficient (Wildman–Crippen LogP) is 6.54. The molecule has 0 unspecified atom stereocenters. The summed E-state index contributed by atoms with van der Waals surface area (Å²) in [6, 6.07) is 27.2. The molecule has 2 aliphatic heterocycles. The number of rotatable bonds is 11. The van der Waals surface area contributed by atoms with Crippen LogP contribution in [0.25, 0.3) is 10.9 Å². The number of anilines is 1. The topological polar surface area (TPSA) is 128 Å². The fourth-order valence-corrected chi connectivity index (χ4v) is 7.38. The van der Waals surface area contributed by atoms with Crippen molar-refractivity contribution in [3.05, 3.63) is 118 Å². The predicted molar refractivity (Wildman–Crippen MR) is 196 cm³/mol. The van der Waals surface area contributed by atoms with Crippen LogP contribution in [0.3, 0.4) is 0 Å². The fraction of sp³-hybridized carbons (Fsp3) is 0.341. The summed E-state index contributed by atoms with van der Waals surface area (Å²) in [7, 11) is 0. The Labute approximate surface area is 299 Å². The third-order valence-corrected chi connectivity index (χ3v) is 9.63. The second kappa shape index (κ2) is 15.9. The zero-order chi connectivity index (χ0) is 35.9. The van der Waals surface area contributed by atoms with E-state index in [0.717, 1.165) is 41.9 Å². The summed E-state index contributed by atoms with van der Waals surface area (Å²) < 4.78 is 0. The molecule has 0 aliphatic carbocycles. The number of aromatic nitrogens is 1. The van der Waals surface area contributed by atoms with E-state index in [1.165, 1.54) is 19.3 Å². The highest BCUT2D eigenvalue weighted by atomic mass is 16.4. The van der Waals surface area contributed by atoms with Gasteiger partial charge < -0.3 is 19.8 Å². The average Bonchev–Trinajstić information content (AvgIpc) is 3.51. The Kier molecular flexibility index (Phi) is 10.9. The first-order chi connectivity index (χ1) is 24.7. The van der Waals surface area contributed by atoms with Gasteiger partial charge in [0.05, 0.1) is 23.3 Å². The van der Waals surface area contributed by atoms with Gasteiger partial charge in [-0.1, -0.05) is 66.1 Å². The van der Waals surface area contributed by atoms with Gasteiger partial charge in [0.25, 0.3) is 0 Å². The molecule has 10 nitrogen and oxygen atoms in total. The lowest BCUT2D eigenvalue weighted by Crippen LogP contribution is -2.34. The molecule has 1 amide bonds. The second-order valence-electron chi connectivity index (χ2n) is 13.5. The van der Waals surface area contributed by atoms with Crippen LogP contribution in [0.1, 0.15) is 64.0 Å². The number of aromatic carboxylic acids is 1. The number of allylic oxidation sites excluding steroid dienone is 1. The van der Waals surface area contributed by atoms with Gasteiger partial charge in [-0.15, -0.1) is 0 Å². The van der Waals surface area contributed by atoms with Crippen LogP contribution in [0, 0.1) is 36.5 Å². The zero-order valence-electron chi connectivity index (χ0n) is 29.3. The van der Waals surface area contributed by atoms with E-state index in [-0.39, 0.29) is 30.0 Å². The lowest BCUT2D eigenvalue weighted by atomic mass is 10.1. The summed E-state index contributed by atoms with van der Waals surface area (Å²) in [5.74, 6) is -0.676. The van der Waals surface area contributed by atoms with E-state index in [4.69, 9.17) is 4.98 Å². The number of benzene rings is 3. The number of amides is 1. The number of carbonyl (C=O) groups excluding carboxylic acids is 1. The molecule has 51 heavy (non-hydrogen) atoms. The molecule has 3 heterocycles. The van der Waals surface area contributed by atoms with Crippen LogP contribution in [0.4, 0.5) is 5.69 Å². The van der Waals surface area contributed by atoms with Crippen LogP contribution in [0.5, 0.6) is 0 Å². The molecule has 10 heteroatoms. The molecular weight excluding hydrogens is 638 g/mol. The molecule has 6 rings (SSSR count). The third kappa shape index (κ3) is 8.37. The van der Waals surface area contributed by atoms with Crippen molar-refractivity contribution in [2.24, 2.45) is 0 Å². The normalized spacial score (nSPS) is 14.7. The number of carboxylic acids is 1. The van der Waals surface area contributed by atoms with E-state index >= 15 is 0 Å². The van der Waals surface area contributed by atoms with E-state index in [9.17, 15) is 25.2 Å². The maximum absolute atomic E-state index is 14.3. The molecule has 0 saturated carbocycles. The molecule has 1 N–H and O–H groups in total. The van der Waals surface area contributed by atoms with Gasteiger partial charge >= 0.3 is 5.97 Å². The van der Waals surface area contributed by atoms with Gasteiger partial charge in [0, 0.05) is 50.2 Å². The Bertz CT molecular complexity index is 2020. The van der Waals surface area contributed by atoms with Gasteiger partial charge in [-0.25, -0.2) is 4.79 Å². The van der Waals surface area contributed by atoms with Crippen LogP contribution >= 0.6 is 0 Å². The number of piperidine rings is 1. The molecule has 3 aromatic carbocycles. The van der Waals surface area contributed by atoms with E-state index in [1.807, 2.05) is 29.2 Å². The van der Waals surface area contributed by atoms with Crippen LogP contribution < -0.4 is 4.90 Å². The molecular formula is C41H43N7O3. The molecule has 0 spiro atoms. The van der Waals surface area contributed by atoms with Crippen molar-refractivity contribution in [2.75, 3.05) is 37.6 Å². The maximum atomic E-state index is 14.3. The van der Waals surface area contributed by atoms with Crippen molar-refractivity contribution in [3.63, 3.8) is 0 Å². The van der Waals surface area contributed by atoms with E-state index in [1.54, 1.807) is 29.2 Å². The molecule has 260 valence electrons. The van der Waals surface area contributed by atoms with Crippen LogP contribution in [-0.2, 0) is 24.4 Å². The fourth-order valence-electron chi connectivity index (χ4n) is 7.38.